The molecule has 0 radical (unpaired) electrons. The maximum atomic E-state index is 14.4. The van der Waals surface area contributed by atoms with Crippen molar-refractivity contribution in [1.29, 1.82) is 0 Å². The van der Waals surface area contributed by atoms with Gasteiger partial charge >= 0.3 is 5.92 Å². The summed E-state index contributed by atoms with van der Waals surface area (Å²) in [5.74, 6) is -2.34. The zero-order chi connectivity index (χ0) is 24.0. The van der Waals surface area contributed by atoms with Crippen LogP contribution in [0.15, 0.2) is 60.7 Å². The molecule has 0 unspecified atom stereocenters. The summed E-state index contributed by atoms with van der Waals surface area (Å²) in [5.41, 5.74) is 4.09. The number of nitrogens with one attached hydrogen (secondary N) is 1. The average molecular weight is 464 g/mol. The molecule has 1 N–H and O–H groups in total. The van der Waals surface area contributed by atoms with Gasteiger partial charge in [0.1, 0.15) is 5.82 Å². The third-order valence-electron chi connectivity index (χ3n) is 5.53. The smallest absolute Gasteiger partial charge is 0.245 e. The van der Waals surface area contributed by atoms with Gasteiger partial charge in [0.2, 0.25) is 11.6 Å². The molecule has 7 nitrogen and oxygen atoms in total. The van der Waals surface area contributed by atoms with Crippen LogP contribution in [-0.2, 0) is 25.3 Å². The SMILES string of the molecule is C/C=C/Cc1nc(C(F)(F)CCC)nn1Cc1ccc(Cc2ccccc2-c2nn[nH]n2)cc1. The quantitative estimate of drug-likeness (QED) is 0.331. The van der Waals surface area contributed by atoms with Crippen LogP contribution in [0.1, 0.15) is 55.0 Å². The summed E-state index contributed by atoms with van der Waals surface area (Å²) >= 11 is 0. The number of nitrogens with zero attached hydrogens (tertiary/aromatic N) is 6. The highest BCUT2D eigenvalue weighted by Crippen LogP contribution is 2.30. The fourth-order valence-electron chi connectivity index (χ4n) is 3.78. The molecule has 0 spiro atoms. The fraction of sp³-hybridized carbons (Fsp3) is 0.320. The Hall–Kier alpha value is -3.75. The van der Waals surface area contributed by atoms with Gasteiger partial charge in [-0.2, -0.15) is 14.0 Å². The summed E-state index contributed by atoms with van der Waals surface area (Å²) in [5, 5.41) is 18.5. The van der Waals surface area contributed by atoms with Crippen molar-refractivity contribution in [3.05, 3.63) is 89.0 Å². The summed E-state index contributed by atoms with van der Waals surface area (Å²) in [6, 6.07) is 16.0. The molecule has 0 aliphatic carbocycles. The molecule has 0 aliphatic rings. The lowest BCUT2D eigenvalue weighted by Crippen LogP contribution is -2.15. The molecule has 4 aromatic rings. The summed E-state index contributed by atoms with van der Waals surface area (Å²) in [6.45, 7) is 4.00. The number of benzene rings is 2. The van der Waals surface area contributed by atoms with E-state index in [4.69, 9.17) is 0 Å². The van der Waals surface area contributed by atoms with E-state index in [1.165, 1.54) is 0 Å². The van der Waals surface area contributed by atoms with Crippen LogP contribution in [0.2, 0.25) is 0 Å². The van der Waals surface area contributed by atoms with Crippen molar-refractivity contribution < 1.29 is 8.78 Å². The molecular weight excluding hydrogens is 436 g/mol. The summed E-state index contributed by atoms with van der Waals surface area (Å²) in [6.07, 6.45) is 5.03. The normalized spacial score (nSPS) is 12.0. The molecule has 0 amide bonds. The Labute approximate surface area is 196 Å². The van der Waals surface area contributed by atoms with E-state index >= 15 is 0 Å². The number of aromatic nitrogens is 7. The highest BCUT2D eigenvalue weighted by molar-refractivity contribution is 5.60. The van der Waals surface area contributed by atoms with Crippen LogP contribution >= 0.6 is 0 Å². The van der Waals surface area contributed by atoms with Gasteiger partial charge in [0.25, 0.3) is 0 Å². The van der Waals surface area contributed by atoms with Crippen molar-refractivity contribution in [1.82, 2.24) is 35.4 Å². The Morgan fingerprint density at radius 2 is 1.82 bits per heavy atom. The van der Waals surface area contributed by atoms with Crippen LogP contribution < -0.4 is 0 Å². The number of hydrogen-bond donors (Lipinski definition) is 1. The van der Waals surface area contributed by atoms with Gasteiger partial charge in [-0.3, -0.25) is 0 Å². The zero-order valence-electron chi connectivity index (χ0n) is 19.2. The second-order valence-electron chi connectivity index (χ2n) is 8.12. The Morgan fingerprint density at radius 3 is 2.53 bits per heavy atom. The van der Waals surface area contributed by atoms with Crippen LogP contribution in [-0.4, -0.2) is 35.4 Å². The van der Waals surface area contributed by atoms with Crippen molar-refractivity contribution in [2.24, 2.45) is 0 Å². The molecule has 0 saturated carbocycles. The number of tetrazole rings is 1. The topological polar surface area (TPSA) is 85.2 Å². The maximum absolute atomic E-state index is 14.4. The van der Waals surface area contributed by atoms with Gasteiger partial charge in [-0.1, -0.05) is 67.6 Å². The molecule has 34 heavy (non-hydrogen) atoms. The molecule has 2 aromatic heterocycles. The second kappa shape index (κ2) is 10.5. The van der Waals surface area contributed by atoms with E-state index in [2.05, 4.69) is 30.7 Å². The predicted octanol–water partition coefficient (Wildman–Crippen LogP) is 5.11. The van der Waals surface area contributed by atoms with Crippen LogP contribution in [0.5, 0.6) is 0 Å². The number of rotatable bonds is 10. The number of halogens is 2. The molecule has 176 valence electrons. The highest BCUT2D eigenvalue weighted by atomic mass is 19.3. The first-order valence-corrected chi connectivity index (χ1v) is 11.3. The van der Waals surface area contributed by atoms with E-state index in [0.29, 0.717) is 37.5 Å². The first-order chi connectivity index (χ1) is 16.5. The minimum Gasteiger partial charge on any atom is -0.245 e. The van der Waals surface area contributed by atoms with Gasteiger partial charge in [0.05, 0.1) is 6.54 Å². The van der Waals surface area contributed by atoms with E-state index in [-0.39, 0.29) is 6.42 Å². The minimum atomic E-state index is -3.03. The second-order valence-corrected chi connectivity index (χ2v) is 8.12. The van der Waals surface area contributed by atoms with E-state index < -0.39 is 11.7 Å². The van der Waals surface area contributed by atoms with Crippen molar-refractivity contribution in [2.75, 3.05) is 0 Å². The minimum absolute atomic E-state index is 0.264. The third kappa shape index (κ3) is 5.41. The molecule has 9 heteroatoms. The van der Waals surface area contributed by atoms with Gasteiger partial charge in [-0.25, -0.2) is 9.67 Å². The molecule has 0 saturated heterocycles. The van der Waals surface area contributed by atoms with Crippen LogP contribution in [0.4, 0.5) is 8.78 Å². The summed E-state index contributed by atoms with van der Waals surface area (Å²) < 4.78 is 30.5. The summed E-state index contributed by atoms with van der Waals surface area (Å²) in [4.78, 5) is 4.17. The van der Waals surface area contributed by atoms with Gasteiger partial charge in [-0.05, 0) is 41.7 Å². The zero-order valence-corrected chi connectivity index (χ0v) is 19.2. The lowest BCUT2D eigenvalue weighted by Gasteiger charge is -2.10. The van der Waals surface area contributed by atoms with Crippen molar-refractivity contribution in [2.45, 2.75) is 52.0 Å². The monoisotopic (exact) mass is 463 g/mol. The van der Waals surface area contributed by atoms with Crippen molar-refractivity contribution >= 4 is 0 Å². The van der Waals surface area contributed by atoms with E-state index in [0.717, 1.165) is 22.3 Å². The maximum Gasteiger partial charge on any atom is 0.308 e. The van der Waals surface area contributed by atoms with Crippen LogP contribution in [0.25, 0.3) is 11.4 Å². The van der Waals surface area contributed by atoms with Crippen LogP contribution in [0.3, 0.4) is 0 Å². The first kappa shape index (κ1) is 23.4. The Balaban J connectivity index is 1.53. The number of allylic oxidation sites excluding steroid dienone is 2. The molecule has 0 atom stereocenters. The van der Waals surface area contributed by atoms with E-state index in [1.54, 1.807) is 11.6 Å². The van der Waals surface area contributed by atoms with Gasteiger partial charge in [-0.15, -0.1) is 15.3 Å². The Bertz CT molecular complexity index is 1230. The number of H-pyrrole nitrogens is 1. The van der Waals surface area contributed by atoms with Gasteiger partial charge < -0.3 is 0 Å². The number of aromatic amines is 1. The number of hydrogen-bond acceptors (Lipinski definition) is 5. The van der Waals surface area contributed by atoms with Gasteiger partial charge in [0, 0.05) is 18.4 Å². The van der Waals surface area contributed by atoms with Crippen molar-refractivity contribution in [3.63, 3.8) is 0 Å². The van der Waals surface area contributed by atoms with Crippen LogP contribution in [0, 0.1) is 0 Å². The molecule has 0 bridgehead atoms. The largest absolute Gasteiger partial charge is 0.308 e. The predicted molar refractivity (Wildman–Crippen MR) is 125 cm³/mol. The van der Waals surface area contributed by atoms with Gasteiger partial charge in [0.15, 0.2) is 0 Å². The number of alkyl halides is 2. The molecule has 2 aromatic carbocycles. The molecule has 0 fully saturated rings. The van der Waals surface area contributed by atoms with E-state index in [1.807, 2.05) is 67.6 Å². The summed E-state index contributed by atoms with van der Waals surface area (Å²) in [7, 11) is 0. The first-order valence-electron chi connectivity index (χ1n) is 11.3. The molecule has 0 aliphatic heterocycles. The van der Waals surface area contributed by atoms with Crippen molar-refractivity contribution in [3.8, 4) is 11.4 Å². The Morgan fingerprint density at radius 1 is 1.06 bits per heavy atom. The molecular formula is C25H27F2N7. The lowest BCUT2D eigenvalue weighted by molar-refractivity contribution is -0.0232. The standard InChI is InChI=1S/C25H27F2N7/c1-3-5-10-22-28-24(25(26,27)15-4-2)31-34(22)17-19-13-11-18(12-14-19)16-20-8-6-7-9-21(20)23-29-32-33-30-23/h3,5-9,11-14H,4,10,15-17H2,1-2H3,(H,29,30,32,33)/b5-3+. The Kier molecular flexibility index (Phi) is 7.20. The fourth-order valence-corrected chi connectivity index (χ4v) is 3.78. The highest BCUT2D eigenvalue weighted by Gasteiger charge is 2.36. The molecule has 2 heterocycles. The van der Waals surface area contributed by atoms with E-state index in [9.17, 15) is 8.78 Å². The molecule has 4 rings (SSSR count). The average Bonchev–Trinajstić information content (AvgIpc) is 3.50. The lowest BCUT2D eigenvalue weighted by atomic mass is 9.98. The third-order valence-corrected chi connectivity index (χ3v) is 5.53.